The zero-order valence-electron chi connectivity index (χ0n) is 20.6. The van der Waals surface area contributed by atoms with Gasteiger partial charge in [0.2, 0.25) is 0 Å². The SMILES string of the molecule is COCOc1ccc2c3c1OC1C(OCCCCCCOC(C)=O)C=C[C@H]4[C@@H](C2)N(C)CC[C@]314. The highest BCUT2D eigenvalue weighted by molar-refractivity contribution is 5.65. The maximum Gasteiger partial charge on any atom is 0.302 e. The number of esters is 1. The van der Waals surface area contributed by atoms with Crippen LogP contribution in [0.25, 0.3) is 0 Å². The smallest absolute Gasteiger partial charge is 0.302 e. The van der Waals surface area contributed by atoms with E-state index < -0.39 is 0 Å². The number of likely N-dealkylation sites (N-methyl/N-ethyl adjacent to an activating group) is 1. The van der Waals surface area contributed by atoms with Crippen molar-refractivity contribution in [3.8, 4) is 11.5 Å². The molecule has 7 heteroatoms. The molecular formula is C27H37NO6. The third-order valence-corrected chi connectivity index (χ3v) is 8.10. The Morgan fingerprint density at radius 2 is 2.00 bits per heavy atom. The van der Waals surface area contributed by atoms with Crippen molar-refractivity contribution in [1.29, 1.82) is 0 Å². The molecule has 0 saturated carbocycles. The Hall–Kier alpha value is -2.09. The molecule has 1 spiro atoms. The van der Waals surface area contributed by atoms with Gasteiger partial charge in [-0.3, -0.25) is 4.79 Å². The second-order valence-electron chi connectivity index (χ2n) is 10.1. The van der Waals surface area contributed by atoms with E-state index in [2.05, 4.69) is 30.2 Å². The van der Waals surface area contributed by atoms with E-state index in [-0.39, 0.29) is 30.4 Å². The molecule has 2 unspecified atom stereocenters. The van der Waals surface area contributed by atoms with Crippen molar-refractivity contribution in [3.05, 3.63) is 35.4 Å². The molecule has 1 saturated heterocycles. The van der Waals surface area contributed by atoms with E-state index in [1.54, 1.807) is 7.11 Å². The predicted molar refractivity (Wildman–Crippen MR) is 127 cm³/mol. The van der Waals surface area contributed by atoms with Gasteiger partial charge in [0, 0.05) is 43.6 Å². The first kappa shape index (κ1) is 23.6. The van der Waals surface area contributed by atoms with E-state index in [0.29, 0.717) is 25.2 Å². The molecule has 0 radical (unpaired) electrons. The van der Waals surface area contributed by atoms with Crippen LogP contribution in [0.1, 0.15) is 50.2 Å². The molecule has 2 heterocycles. The van der Waals surface area contributed by atoms with Gasteiger partial charge in [-0.2, -0.15) is 0 Å². The van der Waals surface area contributed by atoms with Gasteiger partial charge in [-0.25, -0.2) is 0 Å². The molecule has 34 heavy (non-hydrogen) atoms. The van der Waals surface area contributed by atoms with Crippen molar-refractivity contribution < 1.29 is 28.5 Å². The average Bonchev–Trinajstić information content (AvgIpc) is 3.18. The van der Waals surface area contributed by atoms with E-state index >= 15 is 0 Å². The van der Waals surface area contributed by atoms with Crippen LogP contribution in [0.15, 0.2) is 24.3 Å². The molecule has 1 aromatic carbocycles. The maximum absolute atomic E-state index is 10.9. The second-order valence-corrected chi connectivity index (χ2v) is 10.1. The number of benzene rings is 1. The minimum absolute atomic E-state index is 0.0380. The largest absolute Gasteiger partial charge is 0.482 e. The Morgan fingerprint density at radius 3 is 2.79 bits per heavy atom. The highest BCUT2D eigenvalue weighted by atomic mass is 16.7. The lowest BCUT2D eigenvalue weighted by Gasteiger charge is -2.56. The summed E-state index contributed by atoms with van der Waals surface area (Å²) in [7, 11) is 3.89. The molecule has 7 nitrogen and oxygen atoms in total. The van der Waals surface area contributed by atoms with Crippen LogP contribution in [0.2, 0.25) is 0 Å². The number of rotatable bonds is 11. The number of carbonyl (C=O) groups is 1. The van der Waals surface area contributed by atoms with Crippen LogP contribution < -0.4 is 9.47 Å². The summed E-state index contributed by atoms with van der Waals surface area (Å²) in [5.41, 5.74) is 2.68. The summed E-state index contributed by atoms with van der Waals surface area (Å²) in [4.78, 5) is 13.4. The minimum atomic E-state index is -0.208. The molecule has 2 aliphatic heterocycles. The van der Waals surface area contributed by atoms with Crippen molar-refractivity contribution in [2.75, 3.05) is 40.7 Å². The lowest BCUT2D eigenvalue weighted by atomic mass is 9.53. The van der Waals surface area contributed by atoms with E-state index in [0.717, 1.165) is 56.6 Å². The molecule has 1 fully saturated rings. The third kappa shape index (κ3) is 4.01. The van der Waals surface area contributed by atoms with E-state index in [1.807, 2.05) is 6.07 Å². The highest BCUT2D eigenvalue weighted by Gasteiger charge is 2.64. The molecule has 2 aliphatic carbocycles. The summed E-state index contributed by atoms with van der Waals surface area (Å²) in [6, 6.07) is 4.75. The summed E-state index contributed by atoms with van der Waals surface area (Å²) in [6.45, 7) is 3.92. The fraction of sp³-hybridized carbons (Fsp3) is 0.667. The molecular weight excluding hydrogens is 434 g/mol. The van der Waals surface area contributed by atoms with Gasteiger partial charge in [0.05, 0.1) is 6.61 Å². The first-order valence-electron chi connectivity index (χ1n) is 12.6. The topological polar surface area (TPSA) is 66.5 Å². The molecule has 4 aliphatic rings. The number of carbonyl (C=O) groups excluding carboxylic acids is 1. The minimum Gasteiger partial charge on any atom is -0.482 e. The van der Waals surface area contributed by atoms with Crippen LogP contribution in [-0.2, 0) is 30.8 Å². The van der Waals surface area contributed by atoms with Crippen molar-refractivity contribution in [3.63, 3.8) is 0 Å². The third-order valence-electron chi connectivity index (χ3n) is 8.10. The first-order valence-corrected chi connectivity index (χ1v) is 12.6. The van der Waals surface area contributed by atoms with Gasteiger partial charge >= 0.3 is 5.97 Å². The van der Waals surface area contributed by atoms with Gasteiger partial charge in [-0.05, 0) is 57.3 Å². The number of unbranched alkanes of at least 4 members (excludes halogenated alkanes) is 3. The van der Waals surface area contributed by atoms with Crippen LogP contribution in [0.3, 0.4) is 0 Å². The number of piperidine rings is 1. The standard InChI is InChI=1S/C27H37NO6/c1-18(29)31-14-6-4-5-7-15-32-23-11-9-20-21-16-19-8-10-22(33-17-30-3)25-24(19)27(20,26(23)34-25)12-13-28(21)2/h8-11,20-21,23,26H,4-7,12-17H2,1-3H3/t20-,21+,23?,26?,27-/m0/s1. The Morgan fingerprint density at radius 1 is 1.18 bits per heavy atom. The van der Waals surface area contributed by atoms with Crippen molar-refractivity contribution in [2.45, 2.75) is 69.1 Å². The van der Waals surface area contributed by atoms with E-state index in [9.17, 15) is 4.79 Å². The van der Waals surface area contributed by atoms with Gasteiger partial charge < -0.3 is 28.6 Å². The van der Waals surface area contributed by atoms with Gasteiger partial charge in [0.25, 0.3) is 0 Å². The van der Waals surface area contributed by atoms with Gasteiger partial charge in [0.15, 0.2) is 18.3 Å². The fourth-order valence-corrected chi connectivity index (χ4v) is 6.58. The molecule has 0 aromatic heterocycles. The molecule has 1 aromatic rings. The zero-order chi connectivity index (χ0) is 23.7. The zero-order valence-corrected chi connectivity index (χ0v) is 20.6. The summed E-state index contributed by atoms with van der Waals surface area (Å²) in [5, 5.41) is 0. The normalized spacial score (nSPS) is 30.6. The Labute approximate surface area is 202 Å². The van der Waals surface area contributed by atoms with E-state index in [4.69, 9.17) is 23.7 Å². The Bertz CT molecular complexity index is 932. The molecule has 5 atom stereocenters. The average molecular weight is 472 g/mol. The summed E-state index contributed by atoms with van der Waals surface area (Å²) < 4.78 is 29.3. The van der Waals surface area contributed by atoms with Gasteiger partial charge in [-0.1, -0.05) is 24.6 Å². The summed E-state index contributed by atoms with van der Waals surface area (Å²) in [6.07, 6.45) is 10.6. The van der Waals surface area contributed by atoms with Gasteiger partial charge in [0.1, 0.15) is 12.2 Å². The number of hydrogen-bond acceptors (Lipinski definition) is 7. The highest BCUT2D eigenvalue weighted by Crippen LogP contribution is 2.62. The molecule has 0 amide bonds. The fourth-order valence-electron chi connectivity index (χ4n) is 6.58. The lowest BCUT2D eigenvalue weighted by Crippen LogP contribution is -2.65. The monoisotopic (exact) mass is 471 g/mol. The Balaban J connectivity index is 1.31. The lowest BCUT2D eigenvalue weighted by molar-refractivity contribution is -0.141. The number of hydrogen-bond donors (Lipinski definition) is 0. The number of ether oxygens (including phenoxy) is 5. The summed E-state index contributed by atoms with van der Waals surface area (Å²) in [5.74, 6) is 1.88. The molecule has 186 valence electrons. The van der Waals surface area contributed by atoms with Crippen molar-refractivity contribution >= 4 is 5.97 Å². The van der Waals surface area contributed by atoms with Crippen LogP contribution in [0, 0.1) is 5.92 Å². The van der Waals surface area contributed by atoms with Crippen LogP contribution in [-0.4, -0.2) is 69.8 Å². The van der Waals surface area contributed by atoms with Crippen molar-refractivity contribution in [1.82, 2.24) is 4.90 Å². The predicted octanol–water partition coefficient (Wildman–Crippen LogP) is 3.62. The molecule has 2 bridgehead atoms. The number of likely N-dealkylation sites (tertiary alicyclic amines) is 1. The van der Waals surface area contributed by atoms with Crippen LogP contribution >= 0.6 is 0 Å². The van der Waals surface area contributed by atoms with Crippen LogP contribution in [0.4, 0.5) is 0 Å². The van der Waals surface area contributed by atoms with Crippen LogP contribution in [0.5, 0.6) is 11.5 Å². The quantitative estimate of drug-likeness (QED) is 0.211. The number of nitrogens with zero attached hydrogens (tertiary/aromatic N) is 1. The number of methoxy groups -OCH3 is 1. The Kier molecular flexibility index (Phi) is 6.87. The van der Waals surface area contributed by atoms with E-state index in [1.165, 1.54) is 18.1 Å². The second kappa shape index (κ2) is 9.88. The summed E-state index contributed by atoms with van der Waals surface area (Å²) >= 11 is 0. The van der Waals surface area contributed by atoms with Gasteiger partial charge in [-0.15, -0.1) is 0 Å². The molecule has 0 N–H and O–H groups in total. The maximum atomic E-state index is 10.9. The first-order chi connectivity index (χ1) is 16.6. The molecule has 5 rings (SSSR count). The van der Waals surface area contributed by atoms with Crippen molar-refractivity contribution in [2.24, 2.45) is 5.92 Å².